The number of aromatic amines is 1. The Hall–Kier alpha value is -2.63. The van der Waals surface area contributed by atoms with Crippen molar-refractivity contribution in [1.82, 2.24) is 4.98 Å². The number of para-hydroxylation sites is 1. The molecule has 0 aliphatic rings. The molecule has 0 bridgehead atoms. The van der Waals surface area contributed by atoms with Crippen molar-refractivity contribution in [2.24, 2.45) is 0 Å². The van der Waals surface area contributed by atoms with Gasteiger partial charge in [-0.25, -0.2) is 0 Å². The number of nitrogens with one attached hydrogen (secondary N) is 1. The van der Waals surface area contributed by atoms with Gasteiger partial charge in [-0.15, -0.1) is 0 Å². The predicted molar refractivity (Wildman–Crippen MR) is 116 cm³/mol. The van der Waals surface area contributed by atoms with E-state index in [0.29, 0.717) is 38.7 Å². The number of hydroxylamine groups is 1. The van der Waals surface area contributed by atoms with Gasteiger partial charge in [0, 0.05) is 35.0 Å². The Balaban J connectivity index is 1.78. The van der Waals surface area contributed by atoms with Crippen molar-refractivity contribution in [2.75, 3.05) is 5.06 Å². The number of amides is 1. The van der Waals surface area contributed by atoms with Crippen molar-refractivity contribution in [3.05, 3.63) is 64.8 Å². The second-order valence-corrected chi connectivity index (χ2v) is 7.58. The number of fused-ring (bicyclic) bond motifs is 1. The molecule has 1 heterocycles. The van der Waals surface area contributed by atoms with E-state index in [1.165, 1.54) is 0 Å². The molecule has 0 spiro atoms. The third kappa shape index (κ3) is 5.05. The Morgan fingerprint density at radius 1 is 1.07 bits per heavy atom. The van der Waals surface area contributed by atoms with Gasteiger partial charge < -0.3 is 4.98 Å². The molecule has 1 amide bonds. The Morgan fingerprint density at radius 2 is 1.83 bits per heavy atom. The van der Waals surface area contributed by atoms with Gasteiger partial charge in [0.1, 0.15) is 0 Å². The number of nitrogens with zero attached hydrogens (tertiary/aromatic N) is 1. The molecular formula is C23H25ClN2O3. The number of aromatic nitrogens is 1. The molecule has 0 saturated heterocycles. The third-order valence-corrected chi connectivity index (χ3v) is 5.23. The fraction of sp³-hybridized carbons (Fsp3) is 0.304. The zero-order chi connectivity index (χ0) is 20.8. The number of hydrogen-bond donors (Lipinski definition) is 2. The molecule has 0 aliphatic heterocycles. The summed E-state index contributed by atoms with van der Waals surface area (Å²) in [6.07, 6.45) is 5.97. The first kappa shape index (κ1) is 21.1. The Bertz CT molecular complexity index is 995. The molecule has 6 heteroatoms. The van der Waals surface area contributed by atoms with Gasteiger partial charge in [0.05, 0.1) is 11.2 Å². The van der Waals surface area contributed by atoms with Crippen LogP contribution in [0.4, 0.5) is 5.69 Å². The lowest BCUT2D eigenvalue weighted by Gasteiger charge is -2.14. The highest BCUT2D eigenvalue weighted by atomic mass is 35.5. The minimum atomic E-state index is -0.347. The molecule has 2 aromatic carbocycles. The summed E-state index contributed by atoms with van der Waals surface area (Å²) in [7, 11) is 0. The van der Waals surface area contributed by atoms with Crippen LogP contribution in [-0.2, 0) is 11.2 Å². The number of unbranched alkanes of at least 4 members (excludes halogenated alkanes) is 3. The number of Topliss-reactive ketones (excluding diaryl/α,β-unsaturated/α-hetero) is 1. The number of rotatable bonds is 9. The highest BCUT2D eigenvalue weighted by Crippen LogP contribution is 2.29. The van der Waals surface area contributed by atoms with Crippen LogP contribution in [0.3, 0.4) is 0 Å². The van der Waals surface area contributed by atoms with Gasteiger partial charge in [-0.1, -0.05) is 62.1 Å². The SMILES string of the molecule is CCCCCCC(=O)N(O)c1c[nH]c2c(C(=O)Cc3ccc(Cl)cc3)cccc12. The van der Waals surface area contributed by atoms with Crippen molar-refractivity contribution in [3.63, 3.8) is 0 Å². The van der Waals surface area contributed by atoms with Gasteiger partial charge in [-0.05, 0) is 30.2 Å². The summed E-state index contributed by atoms with van der Waals surface area (Å²) in [4.78, 5) is 28.2. The van der Waals surface area contributed by atoms with E-state index in [9.17, 15) is 14.8 Å². The predicted octanol–water partition coefficient (Wildman–Crippen LogP) is 5.94. The molecule has 5 nitrogen and oxygen atoms in total. The second kappa shape index (κ2) is 9.72. The van der Waals surface area contributed by atoms with E-state index in [0.717, 1.165) is 31.2 Å². The van der Waals surface area contributed by atoms with Crippen molar-refractivity contribution in [2.45, 2.75) is 45.4 Å². The Morgan fingerprint density at radius 3 is 2.55 bits per heavy atom. The number of carbonyl (C=O) groups is 2. The van der Waals surface area contributed by atoms with Crippen LogP contribution < -0.4 is 5.06 Å². The molecule has 0 radical (unpaired) electrons. The normalized spacial score (nSPS) is 11.0. The summed E-state index contributed by atoms with van der Waals surface area (Å²) in [5.41, 5.74) is 2.36. The third-order valence-electron chi connectivity index (χ3n) is 4.98. The van der Waals surface area contributed by atoms with Gasteiger partial charge in [-0.2, -0.15) is 5.06 Å². The summed E-state index contributed by atoms with van der Waals surface area (Å²) >= 11 is 5.90. The number of ketones is 1. The molecule has 3 aromatic rings. The Kier molecular flexibility index (Phi) is 7.07. The van der Waals surface area contributed by atoms with E-state index < -0.39 is 0 Å². The number of H-pyrrole nitrogens is 1. The number of carbonyl (C=O) groups excluding carboxylic acids is 2. The second-order valence-electron chi connectivity index (χ2n) is 7.14. The van der Waals surface area contributed by atoms with E-state index in [1.54, 1.807) is 36.5 Å². The first-order chi connectivity index (χ1) is 14.0. The quantitative estimate of drug-likeness (QED) is 0.198. The summed E-state index contributed by atoms with van der Waals surface area (Å²) in [6.45, 7) is 2.11. The summed E-state index contributed by atoms with van der Waals surface area (Å²) in [6, 6.07) is 12.5. The van der Waals surface area contributed by atoms with Gasteiger partial charge >= 0.3 is 0 Å². The molecule has 29 heavy (non-hydrogen) atoms. The molecule has 0 atom stereocenters. The van der Waals surface area contributed by atoms with Crippen LogP contribution in [0.2, 0.25) is 5.02 Å². The fourth-order valence-corrected chi connectivity index (χ4v) is 3.50. The van der Waals surface area contributed by atoms with Crippen LogP contribution in [0.1, 0.15) is 54.9 Å². The molecule has 0 unspecified atom stereocenters. The molecule has 0 aliphatic carbocycles. The van der Waals surface area contributed by atoms with Crippen LogP contribution in [0.5, 0.6) is 0 Å². The van der Waals surface area contributed by atoms with Gasteiger partial charge in [0.15, 0.2) is 5.78 Å². The average molecular weight is 413 g/mol. The smallest absolute Gasteiger partial charge is 0.250 e. The maximum Gasteiger partial charge on any atom is 0.250 e. The fourth-order valence-electron chi connectivity index (χ4n) is 3.37. The largest absolute Gasteiger partial charge is 0.359 e. The minimum Gasteiger partial charge on any atom is -0.359 e. The van der Waals surface area contributed by atoms with Crippen molar-refractivity contribution in [3.8, 4) is 0 Å². The molecule has 152 valence electrons. The summed E-state index contributed by atoms with van der Waals surface area (Å²) in [5.74, 6) is -0.401. The van der Waals surface area contributed by atoms with Crippen molar-refractivity contribution < 1.29 is 14.8 Å². The molecule has 1 aromatic heterocycles. The number of hydrogen-bond acceptors (Lipinski definition) is 3. The van der Waals surface area contributed by atoms with Crippen LogP contribution in [-0.4, -0.2) is 21.9 Å². The first-order valence-corrected chi connectivity index (χ1v) is 10.3. The molecular weight excluding hydrogens is 388 g/mol. The number of halogens is 1. The lowest BCUT2D eigenvalue weighted by atomic mass is 10.0. The van der Waals surface area contributed by atoms with Gasteiger partial charge in [-0.3, -0.25) is 14.8 Å². The number of benzene rings is 2. The zero-order valence-electron chi connectivity index (χ0n) is 16.5. The molecule has 3 rings (SSSR count). The highest BCUT2D eigenvalue weighted by molar-refractivity contribution is 6.30. The monoisotopic (exact) mass is 412 g/mol. The maximum absolute atomic E-state index is 12.8. The average Bonchev–Trinajstić information content (AvgIpc) is 3.16. The number of anilines is 1. The van der Waals surface area contributed by atoms with E-state index in [-0.39, 0.29) is 18.1 Å². The maximum atomic E-state index is 12.8. The lowest BCUT2D eigenvalue weighted by Crippen LogP contribution is -2.26. The molecule has 0 saturated carbocycles. The highest BCUT2D eigenvalue weighted by Gasteiger charge is 2.20. The van der Waals surface area contributed by atoms with E-state index >= 15 is 0 Å². The van der Waals surface area contributed by atoms with Crippen LogP contribution in [0, 0.1) is 0 Å². The van der Waals surface area contributed by atoms with Crippen LogP contribution in [0.25, 0.3) is 10.9 Å². The standard InChI is InChI=1S/C23H25ClN2O3/c1-2-3-4-5-9-22(28)26(29)20-15-25-23-18(20)7-6-8-19(23)21(27)14-16-10-12-17(24)13-11-16/h6-8,10-13,15,25,29H,2-5,9,14H2,1H3. The van der Waals surface area contributed by atoms with Crippen LogP contribution >= 0.6 is 11.6 Å². The summed E-state index contributed by atoms with van der Waals surface area (Å²) in [5, 5.41) is 12.3. The molecule has 0 fully saturated rings. The van der Waals surface area contributed by atoms with Crippen molar-refractivity contribution in [1.29, 1.82) is 0 Å². The zero-order valence-corrected chi connectivity index (χ0v) is 17.2. The van der Waals surface area contributed by atoms with E-state index in [1.807, 2.05) is 12.1 Å². The van der Waals surface area contributed by atoms with E-state index in [2.05, 4.69) is 11.9 Å². The first-order valence-electron chi connectivity index (χ1n) is 9.90. The minimum absolute atomic E-state index is 0.0540. The van der Waals surface area contributed by atoms with Crippen LogP contribution in [0.15, 0.2) is 48.7 Å². The molecule has 2 N–H and O–H groups in total. The lowest BCUT2D eigenvalue weighted by molar-refractivity contribution is -0.123. The topological polar surface area (TPSA) is 73.4 Å². The van der Waals surface area contributed by atoms with E-state index in [4.69, 9.17) is 11.6 Å². The van der Waals surface area contributed by atoms with Gasteiger partial charge in [0.25, 0.3) is 5.91 Å². The van der Waals surface area contributed by atoms with Gasteiger partial charge in [0.2, 0.25) is 0 Å². The Labute approximate surface area is 175 Å². The van der Waals surface area contributed by atoms with Crippen molar-refractivity contribution >= 4 is 39.9 Å². The summed E-state index contributed by atoms with van der Waals surface area (Å²) < 4.78 is 0.